The molecule has 0 fully saturated rings. The summed E-state index contributed by atoms with van der Waals surface area (Å²) < 4.78 is 1.87. The van der Waals surface area contributed by atoms with E-state index in [2.05, 4.69) is 38.1 Å². The van der Waals surface area contributed by atoms with E-state index in [1.165, 1.54) is 16.9 Å². The van der Waals surface area contributed by atoms with Crippen LogP contribution in [0.25, 0.3) is 11.3 Å². The lowest BCUT2D eigenvalue weighted by Gasteiger charge is -2.09. The van der Waals surface area contributed by atoms with Gasteiger partial charge in [0.15, 0.2) is 0 Å². The monoisotopic (exact) mass is 290 g/mol. The molecule has 4 heteroatoms. The van der Waals surface area contributed by atoms with Crippen molar-refractivity contribution in [1.82, 2.24) is 4.57 Å². The van der Waals surface area contributed by atoms with Crippen LogP contribution in [-0.2, 0) is 6.54 Å². The van der Waals surface area contributed by atoms with E-state index in [4.69, 9.17) is 5.73 Å². The summed E-state index contributed by atoms with van der Waals surface area (Å²) in [5.74, 6) is 0.526. The van der Waals surface area contributed by atoms with Crippen molar-refractivity contribution in [3.8, 4) is 11.3 Å². The fraction of sp³-hybridized carbons (Fsp3) is 0.438. The van der Waals surface area contributed by atoms with Gasteiger partial charge in [-0.25, -0.2) is 0 Å². The van der Waals surface area contributed by atoms with Crippen LogP contribution < -0.4 is 10.6 Å². The first kappa shape index (κ1) is 15.0. The smallest absolute Gasteiger partial charge is 0.307 e. The SMILES string of the molecule is CC(C)c1ccc(-c2csc(=O)n2CCCCN)cc1. The van der Waals surface area contributed by atoms with Gasteiger partial charge in [0.25, 0.3) is 0 Å². The molecule has 2 N–H and O–H groups in total. The minimum Gasteiger partial charge on any atom is -0.330 e. The van der Waals surface area contributed by atoms with E-state index < -0.39 is 0 Å². The lowest BCUT2D eigenvalue weighted by Crippen LogP contribution is -2.15. The van der Waals surface area contributed by atoms with E-state index >= 15 is 0 Å². The Bertz CT molecular complexity index is 596. The van der Waals surface area contributed by atoms with Gasteiger partial charge in [-0.15, -0.1) is 0 Å². The zero-order valence-corrected chi connectivity index (χ0v) is 13.0. The number of aromatic nitrogens is 1. The van der Waals surface area contributed by atoms with E-state index in [1.54, 1.807) is 0 Å². The van der Waals surface area contributed by atoms with Gasteiger partial charge in [-0.1, -0.05) is 49.4 Å². The molecule has 0 bridgehead atoms. The maximum absolute atomic E-state index is 11.9. The molecule has 1 heterocycles. The molecule has 1 aromatic carbocycles. The zero-order valence-electron chi connectivity index (χ0n) is 12.1. The Morgan fingerprint density at radius 3 is 2.50 bits per heavy atom. The van der Waals surface area contributed by atoms with Crippen LogP contribution in [0.4, 0.5) is 0 Å². The summed E-state index contributed by atoms with van der Waals surface area (Å²) in [5, 5.41) is 1.95. The third-order valence-electron chi connectivity index (χ3n) is 3.49. The number of rotatable bonds is 6. The van der Waals surface area contributed by atoms with Crippen molar-refractivity contribution in [2.45, 2.75) is 39.2 Å². The first-order valence-electron chi connectivity index (χ1n) is 7.12. The van der Waals surface area contributed by atoms with Gasteiger partial charge in [-0.3, -0.25) is 9.36 Å². The van der Waals surface area contributed by atoms with E-state index in [9.17, 15) is 4.79 Å². The van der Waals surface area contributed by atoms with Crippen LogP contribution in [0.2, 0.25) is 0 Å². The Kier molecular flexibility index (Phi) is 5.15. The Morgan fingerprint density at radius 2 is 1.90 bits per heavy atom. The predicted molar refractivity (Wildman–Crippen MR) is 86.4 cm³/mol. The third-order valence-corrected chi connectivity index (χ3v) is 4.25. The molecule has 0 aliphatic heterocycles. The molecule has 1 aromatic heterocycles. The Balaban J connectivity index is 2.26. The number of thiazole rings is 1. The summed E-state index contributed by atoms with van der Waals surface area (Å²) in [6, 6.07) is 8.51. The van der Waals surface area contributed by atoms with Gasteiger partial charge < -0.3 is 5.73 Å². The topological polar surface area (TPSA) is 48.0 Å². The average molecular weight is 290 g/mol. The second-order valence-electron chi connectivity index (χ2n) is 5.31. The van der Waals surface area contributed by atoms with Crippen molar-refractivity contribution in [3.05, 3.63) is 44.9 Å². The second kappa shape index (κ2) is 6.86. The van der Waals surface area contributed by atoms with Gasteiger partial charge in [0.1, 0.15) is 0 Å². The number of hydrogen-bond donors (Lipinski definition) is 1. The summed E-state index contributed by atoms with van der Waals surface area (Å²) >= 11 is 1.27. The number of nitrogens with zero attached hydrogens (tertiary/aromatic N) is 1. The van der Waals surface area contributed by atoms with Crippen LogP contribution in [0.3, 0.4) is 0 Å². The molecule has 0 unspecified atom stereocenters. The molecule has 0 amide bonds. The Labute approximate surface area is 124 Å². The normalized spacial score (nSPS) is 11.2. The summed E-state index contributed by atoms with van der Waals surface area (Å²) in [7, 11) is 0. The molecule has 2 aromatic rings. The molecule has 20 heavy (non-hydrogen) atoms. The number of hydrogen-bond acceptors (Lipinski definition) is 3. The largest absolute Gasteiger partial charge is 0.330 e. The summed E-state index contributed by atoms with van der Waals surface area (Å²) in [6.07, 6.45) is 1.90. The molecule has 0 spiro atoms. The molecule has 3 nitrogen and oxygen atoms in total. The predicted octanol–water partition coefficient (Wildman–Crippen LogP) is 3.44. The summed E-state index contributed by atoms with van der Waals surface area (Å²) in [4.78, 5) is 12.0. The highest BCUT2D eigenvalue weighted by Crippen LogP contribution is 2.23. The molecule has 0 radical (unpaired) electrons. The average Bonchev–Trinajstić information content (AvgIpc) is 2.81. The first-order valence-corrected chi connectivity index (χ1v) is 8.00. The summed E-state index contributed by atoms with van der Waals surface area (Å²) in [6.45, 7) is 5.79. The van der Waals surface area contributed by atoms with Crippen molar-refractivity contribution in [3.63, 3.8) is 0 Å². The van der Waals surface area contributed by atoms with E-state index in [0.717, 1.165) is 30.6 Å². The second-order valence-corrected chi connectivity index (χ2v) is 6.13. The molecular formula is C16H22N2OS. The fourth-order valence-electron chi connectivity index (χ4n) is 2.22. The highest BCUT2D eigenvalue weighted by Gasteiger charge is 2.09. The van der Waals surface area contributed by atoms with Crippen LogP contribution >= 0.6 is 11.3 Å². The zero-order chi connectivity index (χ0) is 14.5. The molecule has 0 aliphatic carbocycles. The Morgan fingerprint density at radius 1 is 1.20 bits per heavy atom. The quantitative estimate of drug-likeness (QED) is 0.828. The van der Waals surface area contributed by atoms with Crippen molar-refractivity contribution >= 4 is 11.3 Å². The number of benzene rings is 1. The molecule has 0 saturated heterocycles. The first-order chi connectivity index (χ1) is 9.63. The van der Waals surface area contributed by atoms with E-state index in [1.807, 2.05) is 9.95 Å². The van der Waals surface area contributed by atoms with Crippen molar-refractivity contribution in [2.24, 2.45) is 5.73 Å². The van der Waals surface area contributed by atoms with Crippen molar-refractivity contribution < 1.29 is 0 Å². The van der Waals surface area contributed by atoms with Crippen molar-refractivity contribution in [1.29, 1.82) is 0 Å². The highest BCUT2D eigenvalue weighted by atomic mass is 32.1. The maximum Gasteiger partial charge on any atom is 0.307 e. The summed E-state index contributed by atoms with van der Waals surface area (Å²) in [5.41, 5.74) is 8.97. The van der Waals surface area contributed by atoms with Gasteiger partial charge in [0.05, 0.1) is 5.69 Å². The Hall–Kier alpha value is -1.39. The number of unbranched alkanes of at least 4 members (excludes halogenated alkanes) is 1. The van der Waals surface area contributed by atoms with E-state index in [0.29, 0.717) is 12.5 Å². The molecule has 0 atom stereocenters. The lowest BCUT2D eigenvalue weighted by atomic mass is 10.0. The number of nitrogens with two attached hydrogens (primary N) is 1. The van der Waals surface area contributed by atoms with Gasteiger partial charge >= 0.3 is 4.87 Å². The fourth-order valence-corrected chi connectivity index (χ4v) is 3.01. The van der Waals surface area contributed by atoms with Gasteiger partial charge in [-0.05, 0) is 36.4 Å². The van der Waals surface area contributed by atoms with Crippen LogP contribution in [0.5, 0.6) is 0 Å². The minimum absolute atomic E-state index is 0.116. The van der Waals surface area contributed by atoms with Gasteiger partial charge in [-0.2, -0.15) is 0 Å². The van der Waals surface area contributed by atoms with E-state index in [-0.39, 0.29) is 4.87 Å². The third kappa shape index (κ3) is 3.38. The molecule has 2 rings (SSSR count). The van der Waals surface area contributed by atoms with Gasteiger partial charge in [0, 0.05) is 11.9 Å². The van der Waals surface area contributed by atoms with Crippen LogP contribution in [0.1, 0.15) is 38.2 Å². The standard InChI is InChI=1S/C16H22N2OS/c1-12(2)13-5-7-14(8-6-13)15-11-20-16(19)18(15)10-4-3-9-17/h5-8,11-12H,3-4,9-10,17H2,1-2H3. The van der Waals surface area contributed by atoms with Crippen LogP contribution in [-0.4, -0.2) is 11.1 Å². The van der Waals surface area contributed by atoms with Crippen LogP contribution in [0.15, 0.2) is 34.4 Å². The van der Waals surface area contributed by atoms with Crippen molar-refractivity contribution in [2.75, 3.05) is 6.54 Å². The highest BCUT2D eigenvalue weighted by molar-refractivity contribution is 7.07. The van der Waals surface area contributed by atoms with Crippen LogP contribution in [0, 0.1) is 0 Å². The minimum atomic E-state index is 0.116. The lowest BCUT2D eigenvalue weighted by molar-refractivity contribution is 0.612. The maximum atomic E-state index is 11.9. The molecule has 0 saturated carbocycles. The van der Waals surface area contributed by atoms with Gasteiger partial charge in [0.2, 0.25) is 0 Å². The molecule has 0 aliphatic rings. The molecular weight excluding hydrogens is 268 g/mol. The molecule has 108 valence electrons.